The van der Waals surface area contributed by atoms with Gasteiger partial charge in [0.1, 0.15) is 5.75 Å². The molecular formula is C14H15NO2S. The summed E-state index contributed by atoms with van der Waals surface area (Å²) in [7, 11) is 0. The molecule has 0 aliphatic rings. The summed E-state index contributed by atoms with van der Waals surface area (Å²) in [5.41, 5.74) is 2.37. The van der Waals surface area contributed by atoms with E-state index in [1.165, 1.54) is 0 Å². The summed E-state index contributed by atoms with van der Waals surface area (Å²) in [5.74, 6) is 0.217. The lowest BCUT2D eigenvalue weighted by Gasteiger charge is -2.10. The standard InChI is InChI=1S/C14H15NO2S/c1-9-7-13(16)10(2)6-12(9)15-14(17)8-11-4-3-5-18-11/h3-7,16H,8H2,1-2H3,(H,15,17). The molecule has 3 nitrogen and oxygen atoms in total. The van der Waals surface area contributed by atoms with E-state index in [0.29, 0.717) is 6.42 Å². The number of amides is 1. The number of carbonyl (C=O) groups excluding carboxylic acids is 1. The minimum atomic E-state index is -0.0364. The smallest absolute Gasteiger partial charge is 0.229 e. The number of aromatic hydroxyl groups is 1. The van der Waals surface area contributed by atoms with Crippen LogP contribution in [0, 0.1) is 13.8 Å². The number of aryl methyl sites for hydroxylation is 2. The van der Waals surface area contributed by atoms with Gasteiger partial charge in [0.2, 0.25) is 5.91 Å². The zero-order valence-electron chi connectivity index (χ0n) is 10.4. The van der Waals surface area contributed by atoms with Crippen molar-refractivity contribution in [2.45, 2.75) is 20.3 Å². The van der Waals surface area contributed by atoms with Crippen molar-refractivity contribution in [2.24, 2.45) is 0 Å². The van der Waals surface area contributed by atoms with E-state index in [2.05, 4.69) is 5.32 Å². The van der Waals surface area contributed by atoms with Crippen molar-refractivity contribution in [3.05, 3.63) is 45.6 Å². The van der Waals surface area contributed by atoms with Crippen LogP contribution in [0.5, 0.6) is 5.75 Å². The highest BCUT2D eigenvalue weighted by Crippen LogP contribution is 2.25. The average Bonchev–Trinajstić information content (AvgIpc) is 2.78. The van der Waals surface area contributed by atoms with E-state index in [1.807, 2.05) is 31.4 Å². The molecule has 0 spiro atoms. The maximum absolute atomic E-state index is 11.9. The van der Waals surface area contributed by atoms with Crippen molar-refractivity contribution >= 4 is 22.9 Å². The second kappa shape index (κ2) is 5.23. The van der Waals surface area contributed by atoms with Crippen molar-refractivity contribution in [2.75, 3.05) is 5.32 Å². The van der Waals surface area contributed by atoms with Crippen LogP contribution >= 0.6 is 11.3 Å². The second-order valence-electron chi connectivity index (χ2n) is 4.26. The molecule has 0 atom stereocenters. The Morgan fingerprint density at radius 3 is 2.78 bits per heavy atom. The fourth-order valence-electron chi connectivity index (χ4n) is 1.70. The lowest BCUT2D eigenvalue weighted by molar-refractivity contribution is -0.115. The summed E-state index contributed by atoms with van der Waals surface area (Å²) in [6.45, 7) is 3.67. The Bertz CT molecular complexity index is 561. The number of hydrogen-bond acceptors (Lipinski definition) is 3. The minimum absolute atomic E-state index is 0.0364. The molecule has 1 aromatic heterocycles. The molecule has 0 fully saturated rings. The zero-order chi connectivity index (χ0) is 13.1. The Kier molecular flexibility index (Phi) is 3.67. The van der Waals surface area contributed by atoms with Crippen molar-refractivity contribution in [3.8, 4) is 5.75 Å². The van der Waals surface area contributed by atoms with Gasteiger partial charge in [-0.2, -0.15) is 0 Å². The minimum Gasteiger partial charge on any atom is -0.508 e. The van der Waals surface area contributed by atoms with Crippen LogP contribution in [0.3, 0.4) is 0 Å². The predicted octanol–water partition coefficient (Wildman–Crippen LogP) is 3.25. The topological polar surface area (TPSA) is 49.3 Å². The molecule has 4 heteroatoms. The first-order valence-electron chi connectivity index (χ1n) is 5.68. The van der Waals surface area contributed by atoms with E-state index in [1.54, 1.807) is 23.5 Å². The first kappa shape index (κ1) is 12.6. The van der Waals surface area contributed by atoms with Crippen molar-refractivity contribution in [1.82, 2.24) is 0 Å². The van der Waals surface area contributed by atoms with E-state index in [4.69, 9.17) is 0 Å². The van der Waals surface area contributed by atoms with Crippen LogP contribution in [0.1, 0.15) is 16.0 Å². The normalized spacial score (nSPS) is 10.3. The largest absolute Gasteiger partial charge is 0.508 e. The lowest BCUT2D eigenvalue weighted by atomic mass is 10.1. The Labute approximate surface area is 110 Å². The molecule has 94 valence electrons. The molecule has 2 aromatic rings. The average molecular weight is 261 g/mol. The number of anilines is 1. The highest BCUT2D eigenvalue weighted by atomic mass is 32.1. The SMILES string of the molecule is Cc1cc(NC(=O)Cc2cccs2)c(C)cc1O. The second-order valence-corrected chi connectivity index (χ2v) is 5.29. The molecule has 0 unspecified atom stereocenters. The van der Waals surface area contributed by atoms with Gasteiger partial charge in [0.25, 0.3) is 0 Å². The Balaban J connectivity index is 2.09. The quantitative estimate of drug-likeness (QED) is 0.833. The van der Waals surface area contributed by atoms with Gasteiger partial charge >= 0.3 is 0 Å². The monoisotopic (exact) mass is 261 g/mol. The Morgan fingerprint density at radius 1 is 1.33 bits per heavy atom. The third-order valence-corrected chi connectivity index (χ3v) is 3.61. The molecule has 0 aliphatic heterocycles. The number of hydrogen-bond donors (Lipinski definition) is 2. The highest BCUT2D eigenvalue weighted by molar-refractivity contribution is 7.10. The molecule has 0 saturated heterocycles. The Hall–Kier alpha value is -1.81. The van der Waals surface area contributed by atoms with E-state index in [9.17, 15) is 9.90 Å². The zero-order valence-corrected chi connectivity index (χ0v) is 11.2. The molecule has 1 heterocycles. The Morgan fingerprint density at radius 2 is 2.11 bits per heavy atom. The number of rotatable bonds is 3. The number of benzene rings is 1. The van der Waals surface area contributed by atoms with Crippen LogP contribution in [0.25, 0.3) is 0 Å². The van der Waals surface area contributed by atoms with E-state index < -0.39 is 0 Å². The molecular weight excluding hydrogens is 246 g/mol. The van der Waals surface area contributed by atoms with Crippen LogP contribution < -0.4 is 5.32 Å². The van der Waals surface area contributed by atoms with Crippen LogP contribution in [-0.4, -0.2) is 11.0 Å². The summed E-state index contributed by atoms with van der Waals surface area (Å²) < 4.78 is 0. The molecule has 2 rings (SSSR count). The maximum atomic E-state index is 11.9. The number of thiophene rings is 1. The van der Waals surface area contributed by atoms with Crippen LogP contribution in [0.15, 0.2) is 29.6 Å². The third-order valence-electron chi connectivity index (χ3n) is 2.73. The summed E-state index contributed by atoms with van der Waals surface area (Å²) in [6, 6.07) is 7.33. The fraction of sp³-hybridized carbons (Fsp3) is 0.214. The summed E-state index contributed by atoms with van der Waals surface area (Å²) in [5, 5.41) is 14.4. The van der Waals surface area contributed by atoms with Gasteiger partial charge in [-0.25, -0.2) is 0 Å². The van der Waals surface area contributed by atoms with Crippen LogP contribution in [0.2, 0.25) is 0 Å². The molecule has 0 radical (unpaired) electrons. The summed E-state index contributed by atoms with van der Waals surface area (Å²) in [4.78, 5) is 12.9. The maximum Gasteiger partial charge on any atom is 0.229 e. The molecule has 0 saturated carbocycles. The number of phenols is 1. The molecule has 1 aromatic carbocycles. The van der Waals surface area contributed by atoms with Crippen molar-refractivity contribution in [1.29, 1.82) is 0 Å². The van der Waals surface area contributed by atoms with E-state index in [-0.39, 0.29) is 11.7 Å². The van der Waals surface area contributed by atoms with Gasteiger partial charge in [-0.3, -0.25) is 4.79 Å². The van der Waals surface area contributed by atoms with Gasteiger partial charge in [-0.15, -0.1) is 11.3 Å². The van der Waals surface area contributed by atoms with Gasteiger partial charge in [0, 0.05) is 10.6 Å². The van der Waals surface area contributed by atoms with Gasteiger partial charge < -0.3 is 10.4 Å². The number of nitrogens with one attached hydrogen (secondary N) is 1. The number of carbonyl (C=O) groups is 1. The summed E-state index contributed by atoms with van der Waals surface area (Å²) >= 11 is 1.57. The predicted molar refractivity (Wildman–Crippen MR) is 74.2 cm³/mol. The first-order chi connectivity index (χ1) is 8.56. The summed E-state index contributed by atoms with van der Waals surface area (Å²) in [6.07, 6.45) is 0.386. The van der Waals surface area contributed by atoms with Crippen molar-refractivity contribution in [3.63, 3.8) is 0 Å². The third kappa shape index (κ3) is 2.90. The molecule has 0 aliphatic carbocycles. The van der Waals surface area contributed by atoms with E-state index in [0.717, 1.165) is 21.7 Å². The van der Waals surface area contributed by atoms with Crippen molar-refractivity contribution < 1.29 is 9.90 Å². The van der Waals surface area contributed by atoms with Gasteiger partial charge in [-0.1, -0.05) is 6.07 Å². The molecule has 18 heavy (non-hydrogen) atoms. The van der Waals surface area contributed by atoms with E-state index >= 15 is 0 Å². The number of phenolic OH excluding ortho intramolecular Hbond substituents is 1. The first-order valence-corrected chi connectivity index (χ1v) is 6.56. The van der Waals surface area contributed by atoms with Crippen LogP contribution in [-0.2, 0) is 11.2 Å². The van der Waals surface area contributed by atoms with Gasteiger partial charge in [-0.05, 0) is 48.6 Å². The van der Waals surface area contributed by atoms with Gasteiger partial charge in [0.05, 0.1) is 6.42 Å². The molecule has 0 bridgehead atoms. The molecule has 2 N–H and O–H groups in total. The highest BCUT2D eigenvalue weighted by Gasteiger charge is 2.08. The lowest BCUT2D eigenvalue weighted by Crippen LogP contribution is -2.14. The molecule has 1 amide bonds. The fourth-order valence-corrected chi connectivity index (χ4v) is 2.40. The van der Waals surface area contributed by atoms with Crippen LogP contribution in [0.4, 0.5) is 5.69 Å². The van der Waals surface area contributed by atoms with Gasteiger partial charge in [0.15, 0.2) is 0 Å².